The van der Waals surface area contributed by atoms with E-state index in [1.165, 1.54) is 76.3 Å². The lowest BCUT2D eigenvalue weighted by atomic mass is 9.77. The number of carboxylic acid groups (broad SMARTS) is 1. The van der Waals surface area contributed by atoms with E-state index in [4.69, 9.17) is 5.11 Å². The van der Waals surface area contributed by atoms with Crippen LogP contribution < -0.4 is 0 Å². The van der Waals surface area contributed by atoms with E-state index in [0.29, 0.717) is 0 Å². The SMILES string of the molecule is CCCCCCCC1CCC(CCc2ccc(C(=O)O)c(F)c2)CC1. The molecule has 0 unspecified atom stereocenters. The topological polar surface area (TPSA) is 37.3 Å². The van der Waals surface area contributed by atoms with Gasteiger partial charge in [-0.15, -0.1) is 0 Å². The van der Waals surface area contributed by atoms with E-state index in [2.05, 4.69) is 6.92 Å². The van der Waals surface area contributed by atoms with E-state index in [9.17, 15) is 9.18 Å². The van der Waals surface area contributed by atoms with Gasteiger partial charge < -0.3 is 5.11 Å². The zero-order valence-corrected chi connectivity index (χ0v) is 15.6. The minimum atomic E-state index is -1.20. The van der Waals surface area contributed by atoms with Gasteiger partial charge in [-0.25, -0.2) is 9.18 Å². The van der Waals surface area contributed by atoms with Crippen LogP contribution in [0.2, 0.25) is 0 Å². The molecular formula is C22H33FO2. The second-order valence-corrected chi connectivity index (χ2v) is 7.75. The van der Waals surface area contributed by atoms with Crippen LogP contribution in [-0.2, 0) is 6.42 Å². The van der Waals surface area contributed by atoms with Gasteiger partial charge in [-0.1, -0.05) is 77.2 Å². The number of carbonyl (C=O) groups is 1. The highest BCUT2D eigenvalue weighted by atomic mass is 19.1. The summed E-state index contributed by atoms with van der Waals surface area (Å²) in [7, 11) is 0. The van der Waals surface area contributed by atoms with Crippen LogP contribution in [0.3, 0.4) is 0 Å². The molecule has 1 fully saturated rings. The molecule has 1 N–H and O–H groups in total. The lowest BCUT2D eigenvalue weighted by molar-refractivity contribution is 0.0692. The predicted molar refractivity (Wildman–Crippen MR) is 101 cm³/mol. The van der Waals surface area contributed by atoms with Gasteiger partial charge in [0.25, 0.3) is 0 Å². The maximum atomic E-state index is 13.7. The Balaban J connectivity index is 1.65. The quantitative estimate of drug-likeness (QED) is 0.482. The maximum absolute atomic E-state index is 13.7. The van der Waals surface area contributed by atoms with Gasteiger partial charge in [0.2, 0.25) is 0 Å². The van der Waals surface area contributed by atoms with E-state index >= 15 is 0 Å². The number of aryl methyl sites for hydroxylation is 1. The Kier molecular flexibility index (Phi) is 8.43. The van der Waals surface area contributed by atoms with Crippen LogP contribution in [0, 0.1) is 17.7 Å². The number of rotatable bonds is 10. The Morgan fingerprint density at radius 3 is 2.28 bits per heavy atom. The minimum Gasteiger partial charge on any atom is -0.478 e. The predicted octanol–water partition coefficient (Wildman–Crippen LogP) is 6.62. The third-order valence-electron chi connectivity index (χ3n) is 5.79. The number of hydrogen-bond donors (Lipinski definition) is 1. The van der Waals surface area contributed by atoms with Gasteiger partial charge in [0.1, 0.15) is 5.82 Å². The van der Waals surface area contributed by atoms with Gasteiger partial charge >= 0.3 is 5.97 Å². The summed E-state index contributed by atoms with van der Waals surface area (Å²) in [6.45, 7) is 2.26. The molecule has 0 amide bonds. The summed E-state index contributed by atoms with van der Waals surface area (Å²) >= 11 is 0. The van der Waals surface area contributed by atoms with Crippen molar-refractivity contribution in [1.82, 2.24) is 0 Å². The molecule has 0 atom stereocenters. The largest absolute Gasteiger partial charge is 0.478 e. The molecule has 1 aromatic rings. The zero-order valence-electron chi connectivity index (χ0n) is 15.6. The minimum absolute atomic E-state index is 0.233. The molecular weight excluding hydrogens is 315 g/mol. The first kappa shape index (κ1) is 19.9. The Morgan fingerprint density at radius 2 is 1.68 bits per heavy atom. The number of benzene rings is 1. The molecule has 1 saturated carbocycles. The molecule has 1 aromatic carbocycles. The smallest absolute Gasteiger partial charge is 0.338 e. The summed E-state index contributed by atoms with van der Waals surface area (Å²) in [5, 5.41) is 8.88. The maximum Gasteiger partial charge on any atom is 0.338 e. The molecule has 2 rings (SSSR count). The Labute approximate surface area is 151 Å². The number of unbranched alkanes of at least 4 members (excludes halogenated alkanes) is 4. The van der Waals surface area contributed by atoms with E-state index in [1.54, 1.807) is 6.07 Å². The molecule has 0 aliphatic heterocycles. The molecule has 3 heteroatoms. The highest BCUT2D eigenvalue weighted by Gasteiger charge is 2.21. The van der Waals surface area contributed by atoms with Gasteiger partial charge in [0, 0.05) is 0 Å². The standard InChI is InChI=1S/C22H33FO2/c1-2-3-4-5-6-7-17-8-10-18(11-9-17)12-13-19-14-15-20(22(24)25)21(23)16-19/h14-18H,2-13H2,1H3,(H,24,25). The van der Waals surface area contributed by atoms with Crippen LogP contribution in [0.15, 0.2) is 18.2 Å². The van der Waals surface area contributed by atoms with E-state index in [-0.39, 0.29) is 5.56 Å². The number of aromatic carboxylic acids is 1. The summed E-state index contributed by atoms with van der Waals surface area (Å²) in [4.78, 5) is 10.9. The summed E-state index contributed by atoms with van der Waals surface area (Å²) < 4.78 is 13.7. The first-order valence-corrected chi connectivity index (χ1v) is 10.1. The van der Waals surface area contributed by atoms with E-state index in [1.807, 2.05) is 0 Å². The van der Waals surface area contributed by atoms with Gasteiger partial charge in [-0.2, -0.15) is 0 Å². The molecule has 1 aliphatic rings. The molecule has 140 valence electrons. The first-order valence-electron chi connectivity index (χ1n) is 10.1. The number of halogens is 1. The molecule has 0 heterocycles. The van der Waals surface area contributed by atoms with Crippen molar-refractivity contribution in [2.24, 2.45) is 11.8 Å². The lowest BCUT2D eigenvalue weighted by Crippen LogP contribution is -2.15. The monoisotopic (exact) mass is 348 g/mol. The third-order valence-corrected chi connectivity index (χ3v) is 5.79. The van der Waals surface area contributed by atoms with Crippen molar-refractivity contribution in [2.75, 3.05) is 0 Å². The third kappa shape index (κ3) is 6.80. The fourth-order valence-corrected chi connectivity index (χ4v) is 4.10. The van der Waals surface area contributed by atoms with Gasteiger partial charge in [0.15, 0.2) is 0 Å². The Bertz CT molecular complexity index is 533. The van der Waals surface area contributed by atoms with Crippen LogP contribution in [0.1, 0.15) is 93.5 Å². The van der Waals surface area contributed by atoms with Gasteiger partial charge in [-0.3, -0.25) is 0 Å². The summed E-state index contributed by atoms with van der Waals surface area (Å²) in [5.41, 5.74) is 0.684. The highest BCUT2D eigenvalue weighted by Crippen LogP contribution is 2.34. The molecule has 0 radical (unpaired) electrons. The fraction of sp³-hybridized carbons (Fsp3) is 0.682. The van der Waals surface area contributed by atoms with E-state index < -0.39 is 11.8 Å². The van der Waals surface area contributed by atoms with Crippen molar-refractivity contribution in [1.29, 1.82) is 0 Å². The summed E-state index contributed by atoms with van der Waals surface area (Å²) in [5.74, 6) is -0.141. The van der Waals surface area contributed by atoms with Crippen LogP contribution in [0.5, 0.6) is 0 Å². The van der Waals surface area contributed by atoms with Crippen molar-refractivity contribution in [2.45, 2.75) is 84.0 Å². The van der Waals surface area contributed by atoms with E-state index in [0.717, 1.165) is 30.2 Å². The summed E-state index contributed by atoms with van der Waals surface area (Å²) in [6, 6.07) is 4.54. The van der Waals surface area contributed by atoms with Crippen LogP contribution >= 0.6 is 0 Å². The molecule has 1 aliphatic carbocycles. The molecule has 25 heavy (non-hydrogen) atoms. The normalized spacial score (nSPS) is 20.6. The van der Waals surface area contributed by atoms with Crippen molar-refractivity contribution in [3.8, 4) is 0 Å². The number of hydrogen-bond acceptors (Lipinski definition) is 1. The van der Waals surface area contributed by atoms with Gasteiger partial charge in [-0.05, 0) is 42.4 Å². The average Bonchev–Trinajstić information content (AvgIpc) is 2.60. The van der Waals surface area contributed by atoms with Crippen molar-refractivity contribution in [3.63, 3.8) is 0 Å². The molecule has 0 saturated heterocycles. The highest BCUT2D eigenvalue weighted by molar-refractivity contribution is 5.87. The Hall–Kier alpha value is -1.38. The fourth-order valence-electron chi connectivity index (χ4n) is 4.10. The van der Waals surface area contributed by atoms with Crippen LogP contribution in [0.25, 0.3) is 0 Å². The lowest BCUT2D eigenvalue weighted by Gasteiger charge is -2.28. The molecule has 0 spiro atoms. The summed E-state index contributed by atoms with van der Waals surface area (Å²) in [6.07, 6.45) is 15.5. The van der Waals surface area contributed by atoms with Gasteiger partial charge in [0.05, 0.1) is 5.56 Å². The number of carboxylic acids is 1. The van der Waals surface area contributed by atoms with Crippen molar-refractivity contribution in [3.05, 3.63) is 35.1 Å². The second-order valence-electron chi connectivity index (χ2n) is 7.75. The van der Waals surface area contributed by atoms with Crippen LogP contribution in [0.4, 0.5) is 4.39 Å². The molecule has 0 aromatic heterocycles. The second kappa shape index (κ2) is 10.6. The Morgan fingerprint density at radius 1 is 1.04 bits per heavy atom. The van der Waals surface area contributed by atoms with Crippen molar-refractivity contribution < 1.29 is 14.3 Å². The molecule has 0 bridgehead atoms. The van der Waals surface area contributed by atoms with Crippen molar-refractivity contribution >= 4 is 5.97 Å². The van der Waals surface area contributed by atoms with Crippen LogP contribution in [-0.4, -0.2) is 11.1 Å². The zero-order chi connectivity index (χ0) is 18.1. The average molecular weight is 349 g/mol. The molecule has 2 nitrogen and oxygen atoms in total. The first-order chi connectivity index (χ1) is 12.1.